The summed E-state index contributed by atoms with van der Waals surface area (Å²) in [6, 6.07) is 14.9. The van der Waals surface area contributed by atoms with E-state index in [0.717, 1.165) is 5.56 Å². The summed E-state index contributed by atoms with van der Waals surface area (Å²) >= 11 is 0. The summed E-state index contributed by atoms with van der Waals surface area (Å²) in [4.78, 5) is 21.9. The Morgan fingerprint density at radius 3 is 2.45 bits per heavy atom. The number of nitro benzene ring substituents is 1. The second-order valence-corrected chi connectivity index (χ2v) is 4.91. The van der Waals surface area contributed by atoms with Gasteiger partial charge < -0.3 is 9.47 Å². The van der Waals surface area contributed by atoms with Gasteiger partial charge in [-0.05, 0) is 29.8 Å². The van der Waals surface area contributed by atoms with Gasteiger partial charge in [0.1, 0.15) is 18.8 Å². The van der Waals surface area contributed by atoms with Crippen LogP contribution in [-0.4, -0.2) is 23.6 Å². The summed E-state index contributed by atoms with van der Waals surface area (Å²) in [6.07, 6.45) is -0.376. The molecule has 0 N–H and O–H groups in total. The predicted molar refractivity (Wildman–Crippen MR) is 77.4 cm³/mol. The maximum atomic E-state index is 11.8. The molecule has 2 aromatic rings. The molecular weight excluding hydrogens is 286 g/mol. The van der Waals surface area contributed by atoms with Crippen LogP contribution in [0, 0.1) is 10.1 Å². The first-order valence-electron chi connectivity index (χ1n) is 6.77. The topological polar surface area (TPSA) is 82.0 Å². The number of nitro groups is 1. The third kappa shape index (κ3) is 3.12. The number of nitrogens with zero attached hydrogens (tertiary/aromatic N) is 1. The van der Waals surface area contributed by atoms with Crippen LogP contribution in [0.25, 0.3) is 0 Å². The first-order valence-corrected chi connectivity index (χ1v) is 6.77. The number of hydrogen-bond acceptors (Lipinski definition) is 5. The Labute approximate surface area is 126 Å². The number of rotatable bonds is 5. The van der Waals surface area contributed by atoms with Crippen molar-refractivity contribution >= 4 is 11.7 Å². The lowest BCUT2D eigenvalue weighted by molar-refractivity contribution is -0.384. The first kappa shape index (κ1) is 14.2. The Kier molecular flexibility index (Phi) is 3.84. The molecule has 0 amide bonds. The van der Waals surface area contributed by atoms with E-state index in [9.17, 15) is 14.9 Å². The summed E-state index contributed by atoms with van der Waals surface area (Å²) in [5.74, 6) is -0.390. The molecule has 6 heteroatoms. The average Bonchev–Trinajstić information content (AvgIpc) is 3.33. The standard InChI is InChI=1S/C16H13NO5/c18-16(12-4-2-1-3-5-12)21-10-14-15(22-14)11-6-8-13(9-7-11)17(19)20/h1-9,14-15H,10H2/t14-,15-/m1/s1. The molecule has 0 aromatic heterocycles. The first-order chi connectivity index (χ1) is 10.6. The zero-order chi connectivity index (χ0) is 15.5. The molecule has 0 bridgehead atoms. The van der Waals surface area contributed by atoms with Gasteiger partial charge in [-0.2, -0.15) is 0 Å². The molecule has 0 radical (unpaired) electrons. The van der Waals surface area contributed by atoms with Crippen molar-refractivity contribution in [3.63, 3.8) is 0 Å². The zero-order valence-corrected chi connectivity index (χ0v) is 11.5. The largest absolute Gasteiger partial charge is 0.459 e. The molecule has 3 rings (SSSR count). The van der Waals surface area contributed by atoms with Gasteiger partial charge >= 0.3 is 5.97 Å². The fourth-order valence-corrected chi connectivity index (χ4v) is 2.16. The van der Waals surface area contributed by atoms with Gasteiger partial charge in [0.2, 0.25) is 0 Å². The minimum atomic E-state index is -0.448. The van der Waals surface area contributed by atoms with Crippen molar-refractivity contribution in [2.45, 2.75) is 12.2 Å². The highest BCUT2D eigenvalue weighted by molar-refractivity contribution is 5.89. The molecule has 2 atom stereocenters. The van der Waals surface area contributed by atoms with Crippen LogP contribution in [0.3, 0.4) is 0 Å². The molecule has 0 saturated carbocycles. The number of ether oxygens (including phenoxy) is 2. The summed E-state index contributed by atoms with van der Waals surface area (Å²) in [5.41, 5.74) is 1.37. The van der Waals surface area contributed by atoms with Crippen molar-refractivity contribution < 1.29 is 19.2 Å². The van der Waals surface area contributed by atoms with Gasteiger partial charge in [0.05, 0.1) is 10.5 Å². The molecule has 1 fully saturated rings. The third-order valence-corrected chi connectivity index (χ3v) is 3.40. The molecule has 0 aliphatic carbocycles. The molecule has 0 unspecified atom stereocenters. The lowest BCUT2D eigenvalue weighted by atomic mass is 10.1. The van der Waals surface area contributed by atoms with Crippen LogP contribution in [0.5, 0.6) is 0 Å². The monoisotopic (exact) mass is 299 g/mol. The molecular formula is C16H13NO5. The molecule has 6 nitrogen and oxygen atoms in total. The van der Waals surface area contributed by atoms with E-state index in [1.807, 2.05) is 6.07 Å². The van der Waals surface area contributed by atoms with E-state index in [2.05, 4.69) is 0 Å². The van der Waals surface area contributed by atoms with E-state index in [1.165, 1.54) is 12.1 Å². The molecule has 2 aromatic carbocycles. The number of epoxide rings is 1. The molecule has 0 spiro atoms. The molecule has 1 aliphatic rings. The Bertz CT molecular complexity index is 683. The van der Waals surface area contributed by atoms with E-state index in [0.29, 0.717) is 5.56 Å². The molecule has 22 heavy (non-hydrogen) atoms. The lowest BCUT2D eigenvalue weighted by Gasteiger charge is -2.02. The number of non-ortho nitro benzene ring substituents is 1. The van der Waals surface area contributed by atoms with Gasteiger partial charge in [0, 0.05) is 12.1 Å². The molecule has 1 saturated heterocycles. The third-order valence-electron chi connectivity index (χ3n) is 3.40. The summed E-state index contributed by atoms with van der Waals surface area (Å²) in [7, 11) is 0. The van der Waals surface area contributed by atoms with Crippen LogP contribution < -0.4 is 0 Å². The van der Waals surface area contributed by atoms with Crippen molar-refractivity contribution in [1.82, 2.24) is 0 Å². The van der Waals surface area contributed by atoms with Gasteiger partial charge in [0.15, 0.2) is 0 Å². The van der Waals surface area contributed by atoms with Gasteiger partial charge in [-0.3, -0.25) is 10.1 Å². The summed E-state index contributed by atoms with van der Waals surface area (Å²) in [5, 5.41) is 10.6. The maximum Gasteiger partial charge on any atom is 0.338 e. The van der Waals surface area contributed by atoms with Crippen molar-refractivity contribution in [2.75, 3.05) is 6.61 Å². The van der Waals surface area contributed by atoms with E-state index in [-0.39, 0.29) is 24.5 Å². The number of carbonyl (C=O) groups excluding carboxylic acids is 1. The number of benzene rings is 2. The highest BCUT2D eigenvalue weighted by atomic mass is 16.6. The second kappa shape index (κ2) is 5.95. The summed E-state index contributed by atoms with van der Waals surface area (Å²) in [6.45, 7) is 0.162. The Hall–Kier alpha value is -2.73. The summed E-state index contributed by atoms with van der Waals surface area (Å²) < 4.78 is 10.6. The minimum Gasteiger partial charge on any atom is -0.459 e. The van der Waals surface area contributed by atoms with Gasteiger partial charge in [-0.1, -0.05) is 18.2 Å². The second-order valence-electron chi connectivity index (χ2n) is 4.91. The number of hydrogen-bond donors (Lipinski definition) is 0. The van der Waals surface area contributed by atoms with Crippen LogP contribution in [0.15, 0.2) is 54.6 Å². The van der Waals surface area contributed by atoms with E-state index >= 15 is 0 Å². The lowest BCUT2D eigenvalue weighted by Crippen LogP contribution is -2.10. The van der Waals surface area contributed by atoms with E-state index in [1.54, 1.807) is 36.4 Å². The fourth-order valence-electron chi connectivity index (χ4n) is 2.16. The van der Waals surface area contributed by atoms with Gasteiger partial charge in [-0.25, -0.2) is 4.79 Å². The van der Waals surface area contributed by atoms with Crippen molar-refractivity contribution in [3.8, 4) is 0 Å². The minimum absolute atomic E-state index is 0.0384. The Morgan fingerprint density at radius 2 is 1.82 bits per heavy atom. The van der Waals surface area contributed by atoms with Crippen LogP contribution in [0.4, 0.5) is 5.69 Å². The smallest absolute Gasteiger partial charge is 0.338 e. The normalized spacial score (nSPS) is 19.5. The molecule has 1 aliphatic heterocycles. The van der Waals surface area contributed by atoms with E-state index < -0.39 is 10.9 Å². The van der Waals surface area contributed by atoms with Crippen LogP contribution in [-0.2, 0) is 9.47 Å². The molecule has 1 heterocycles. The van der Waals surface area contributed by atoms with Crippen LogP contribution in [0.2, 0.25) is 0 Å². The Morgan fingerprint density at radius 1 is 1.14 bits per heavy atom. The van der Waals surface area contributed by atoms with Crippen molar-refractivity contribution in [1.29, 1.82) is 0 Å². The van der Waals surface area contributed by atoms with Gasteiger partial charge in [-0.15, -0.1) is 0 Å². The SMILES string of the molecule is O=C(OC[C@H]1O[C@@H]1c1ccc([N+](=O)[O-])cc1)c1ccccc1. The van der Waals surface area contributed by atoms with E-state index in [4.69, 9.17) is 9.47 Å². The van der Waals surface area contributed by atoms with Crippen molar-refractivity contribution in [2.24, 2.45) is 0 Å². The highest BCUT2D eigenvalue weighted by Gasteiger charge is 2.41. The van der Waals surface area contributed by atoms with Crippen LogP contribution in [0.1, 0.15) is 22.0 Å². The van der Waals surface area contributed by atoms with Crippen molar-refractivity contribution in [3.05, 3.63) is 75.8 Å². The average molecular weight is 299 g/mol. The quantitative estimate of drug-likeness (QED) is 0.367. The number of esters is 1. The Balaban J connectivity index is 1.52. The van der Waals surface area contributed by atoms with Crippen LogP contribution >= 0.6 is 0 Å². The van der Waals surface area contributed by atoms with Gasteiger partial charge in [0.25, 0.3) is 5.69 Å². The maximum absolute atomic E-state index is 11.8. The predicted octanol–water partition coefficient (Wildman–Crippen LogP) is 2.89. The highest BCUT2D eigenvalue weighted by Crippen LogP contribution is 2.39. The fraction of sp³-hybridized carbons (Fsp3) is 0.188. The number of carbonyl (C=O) groups is 1. The zero-order valence-electron chi connectivity index (χ0n) is 11.5. The molecule has 112 valence electrons.